The summed E-state index contributed by atoms with van der Waals surface area (Å²) in [6, 6.07) is 0. The third-order valence-electron chi connectivity index (χ3n) is 5.94. The molecule has 3 saturated carbocycles. The molecule has 3 rings (SSSR count). The van der Waals surface area contributed by atoms with Crippen molar-refractivity contribution >= 4 is 0 Å². The summed E-state index contributed by atoms with van der Waals surface area (Å²) in [7, 11) is 0. The molecule has 84 valence electrons. The number of allylic oxidation sites excluding steroid dienone is 1. The Kier molecular flexibility index (Phi) is 1.92. The van der Waals surface area contributed by atoms with E-state index in [2.05, 4.69) is 27.4 Å². The monoisotopic (exact) mass is 204 g/mol. The second-order valence-corrected chi connectivity index (χ2v) is 6.66. The van der Waals surface area contributed by atoms with Gasteiger partial charge in [0.15, 0.2) is 0 Å². The zero-order valence-corrected chi connectivity index (χ0v) is 10.4. The SMILES string of the molecule is C=C1CCC23C1C2C(C(C)C)CC[C@H]3C. The third kappa shape index (κ3) is 1.04. The second-order valence-electron chi connectivity index (χ2n) is 6.66. The van der Waals surface area contributed by atoms with Gasteiger partial charge in [0.1, 0.15) is 0 Å². The molecular formula is C15H24. The first-order chi connectivity index (χ1) is 7.09. The fourth-order valence-electron chi connectivity index (χ4n) is 5.14. The molecule has 0 N–H and O–H groups in total. The predicted molar refractivity (Wildman–Crippen MR) is 64.5 cm³/mol. The van der Waals surface area contributed by atoms with E-state index in [1.807, 2.05) is 0 Å². The lowest BCUT2D eigenvalue weighted by Gasteiger charge is -2.35. The molecule has 0 aromatic heterocycles. The van der Waals surface area contributed by atoms with Crippen molar-refractivity contribution < 1.29 is 0 Å². The summed E-state index contributed by atoms with van der Waals surface area (Å²) in [5, 5.41) is 0. The van der Waals surface area contributed by atoms with Crippen molar-refractivity contribution in [3.63, 3.8) is 0 Å². The van der Waals surface area contributed by atoms with Gasteiger partial charge in [0, 0.05) is 0 Å². The van der Waals surface area contributed by atoms with Gasteiger partial charge in [0.05, 0.1) is 0 Å². The van der Waals surface area contributed by atoms with E-state index in [0.29, 0.717) is 0 Å². The van der Waals surface area contributed by atoms with Crippen LogP contribution in [0.3, 0.4) is 0 Å². The predicted octanol–water partition coefficient (Wildman–Crippen LogP) is 4.27. The molecule has 4 unspecified atom stereocenters. The molecule has 0 aromatic carbocycles. The fourth-order valence-corrected chi connectivity index (χ4v) is 5.14. The molecule has 0 aliphatic heterocycles. The van der Waals surface area contributed by atoms with Gasteiger partial charge >= 0.3 is 0 Å². The van der Waals surface area contributed by atoms with Crippen molar-refractivity contribution in [2.75, 3.05) is 0 Å². The summed E-state index contributed by atoms with van der Waals surface area (Å²) < 4.78 is 0. The van der Waals surface area contributed by atoms with E-state index < -0.39 is 0 Å². The van der Waals surface area contributed by atoms with Gasteiger partial charge < -0.3 is 0 Å². The van der Waals surface area contributed by atoms with Gasteiger partial charge in [-0.25, -0.2) is 0 Å². The van der Waals surface area contributed by atoms with Crippen molar-refractivity contribution in [3.8, 4) is 0 Å². The minimum Gasteiger partial charge on any atom is -0.0995 e. The van der Waals surface area contributed by atoms with Crippen LogP contribution in [0.4, 0.5) is 0 Å². The maximum Gasteiger partial charge on any atom is -0.0107 e. The molecule has 3 fully saturated rings. The molecule has 5 atom stereocenters. The smallest absolute Gasteiger partial charge is 0.0107 e. The van der Waals surface area contributed by atoms with Crippen LogP contribution in [0.1, 0.15) is 46.5 Å². The van der Waals surface area contributed by atoms with Crippen LogP contribution in [-0.4, -0.2) is 0 Å². The zero-order chi connectivity index (χ0) is 10.8. The maximum absolute atomic E-state index is 4.32. The Labute approximate surface area is 94.1 Å². The molecule has 0 saturated heterocycles. The van der Waals surface area contributed by atoms with Crippen LogP contribution in [-0.2, 0) is 0 Å². The fraction of sp³-hybridized carbons (Fsp3) is 0.867. The van der Waals surface area contributed by atoms with Crippen LogP contribution in [0.5, 0.6) is 0 Å². The van der Waals surface area contributed by atoms with Crippen molar-refractivity contribution in [1.82, 2.24) is 0 Å². The van der Waals surface area contributed by atoms with Crippen molar-refractivity contribution in [2.24, 2.45) is 35.0 Å². The Bertz CT molecular complexity index is 301. The van der Waals surface area contributed by atoms with Crippen LogP contribution in [0.2, 0.25) is 0 Å². The van der Waals surface area contributed by atoms with Crippen LogP contribution in [0, 0.1) is 35.0 Å². The average Bonchev–Trinajstić information content (AvgIpc) is 2.75. The van der Waals surface area contributed by atoms with Gasteiger partial charge in [-0.1, -0.05) is 32.9 Å². The summed E-state index contributed by atoms with van der Waals surface area (Å²) in [5.74, 6) is 4.83. The minimum absolute atomic E-state index is 0.740. The highest BCUT2D eigenvalue weighted by Crippen LogP contribution is 2.79. The lowest BCUT2D eigenvalue weighted by atomic mass is 9.70. The topological polar surface area (TPSA) is 0 Å². The van der Waals surface area contributed by atoms with Gasteiger partial charge in [-0.2, -0.15) is 0 Å². The standard InChI is InChI=1S/C15H24/c1-9(2)12-6-5-11(4)15-8-7-10(3)13(15)14(12)15/h9,11-14H,3,5-8H2,1-2,4H3/t11-,12?,13?,14?,15?/m1/s1. The van der Waals surface area contributed by atoms with Crippen molar-refractivity contribution in [2.45, 2.75) is 46.5 Å². The van der Waals surface area contributed by atoms with E-state index >= 15 is 0 Å². The van der Waals surface area contributed by atoms with Crippen LogP contribution in [0.15, 0.2) is 12.2 Å². The average molecular weight is 204 g/mol. The molecule has 0 aromatic rings. The third-order valence-corrected chi connectivity index (χ3v) is 5.94. The van der Waals surface area contributed by atoms with Gasteiger partial charge in [0.25, 0.3) is 0 Å². The quantitative estimate of drug-likeness (QED) is 0.559. The van der Waals surface area contributed by atoms with Gasteiger partial charge in [-0.05, 0) is 60.7 Å². The molecule has 1 spiro atoms. The van der Waals surface area contributed by atoms with E-state index in [0.717, 1.165) is 35.0 Å². The molecule has 0 bridgehead atoms. The largest absolute Gasteiger partial charge is 0.0995 e. The van der Waals surface area contributed by atoms with E-state index in [1.165, 1.54) is 25.7 Å². The second kappa shape index (κ2) is 2.90. The number of rotatable bonds is 1. The molecule has 0 heteroatoms. The number of fused-ring (bicyclic) bond motifs is 1. The number of hydrogen-bond donors (Lipinski definition) is 0. The first-order valence-corrected chi connectivity index (χ1v) is 6.76. The molecule has 15 heavy (non-hydrogen) atoms. The molecule has 0 heterocycles. The molecule has 0 radical (unpaired) electrons. The van der Waals surface area contributed by atoms with E-state index in [4.69, 9.17) is 0 Å². The Balaban J connectivity index is 1.91. The molecule has 3 aliphatic rings. The Morgan fingerprint density at radius 3 is 2.73 bits per heavy atom. The summed E-state index contributed by atoms with van der Waals surface area (Å²) >= 11 is 0. The van der Waals surface area contributed by atoms with Gasteiger partial charge in [-0.15, -0.1) is 0 Å². The molecule has 0 nitrogen and oxygen atoms in total. The molecule has 0 amide bonds. The van der Waals surface area contributed by atoms with Crippen LogP contribution < -0.4 is 0 Å². The minimum atomic E-state index is 0.740. The number of hydrogen-bond acceptors (Lipinski definition) is 0. The summed E-state index contributed by atoms with van der Waals surface area (Å²) in [5.41, 5.74) is 2.34. The van der Waals surface area contributed by atoms with Crippen molar-refractivity contribution in [3.05, 3.63) is 12.2 Å². The van der Waals surface area contributed by atoms with Gasteiger partial charge in [0.2, 0.25) is 0 Å². The molecular weight excluding hydrogens is 180 g/mol. The van der Waals surface area contributed by atoms with Gasteiger partial charge in [-0.3, -0.25) is 0 Å². The van der Waals surface area contributed by atoms with E-state index in [-0.39, 0.29) is 0 Å². The summed E-state index contributed by atoms with van der Waals surface area (Å²) in [6.45, 7) is 11.7. The van der Waals surface area contributed by atoms with E-state index in [1.54, 1.807) is 5.57 Å². The van der Waals surface area contributed by atoms with E-state index in [9.17, 15) is 0 Å². The summed E-state index contributed by atoms with van der Waals surface area (Å²) in [4.78, 5) is 0. The maximum atomic E-state index is 4.32. The zero-order valence-electron chi connectivity index (χ0n) is 10.4. The first-order valence-electron chi connectivity index (χ1n) is 6.76. The van der Waals surface area contributed by atoms with Crippen molar-refractivity contribution in [1.29, 1.82) is 0 Å². The Morgan fingerprint density at radius 2 is 2.07 bits per heavy atom. The lowest BCUT2D eigenvalue weighted by Crippen LogP contribution is -2.27. The Morgan fingerprint density at radius 1 is 1.33 bits per heavy atom. The highest BCUT2D eigenvalue weighted by Gasteiger charge is 2.73. The van der Waals surface area contributed by atoms with Crippen LogP contribution in [0.25, 0.3) is 0 Å². The highest BCUT2D eigenvalue weighted by molar-refractivity contribution is 5.33. The highest BCUT2D eigenvalue weighted by atomic mass is 14.8. The van der Waals surface area contributed by atoms with Crippen LogP contribution >= 0.6 is 0 Å². The lowest BCUT2D eigenvalue weighted by molar-refractivity contribution is 0.142. The summed E-state index contributed by atoms with van der Waals surface area (Å²) in [6.07, 6.45) is 5.75. The Hall–Kier alpha value is -0.260. The first kappa shape index (κ1) is 9.93. The normalized spacial score (nSPS) is 52.9. The molecule has 3 aliphatic carbocycles.